The first-order valence-electron chi connectivity index (χ1n) is 12.1. The first-order chi connectivity index (χ1) is 15.3. The number of rotatable bonds is 1. The summed E-state index contributed by atoms with van der Waals surface area (Å²) in [6.45, 7) is 8.55. The van der Waals surface area contributed by atoms with E-state index in [1.165, 1.54) is 11.1 Å². The van der Waals surface area contributed by atoms with Crippen molar-refractivity contribution in [2.24, 2.45) is 17.3 Å². The molecule has 6 aliphatic rings. The van der Waals surface area contributed by atoms with Gasteiger partial charge in [0.1, 0.15) is 0 Å². The van der Waals surface area contributed by atoms with Gasteiger partial charge in [0, 0.05) is 40.7 Å². The molecule has 0 radical (unpaired) electrons. The fourth-order valence-electron chi connectivity index (χ4n) is 7.95. The van der Waals surface area contributed by atoms with Crippen LogP contribution in [0.5, 0.6) is 0 Å². The molecule has 1 N–H and O–H groups in total. The van der Waals surface area contributed by atoms with Gasteiger partial charge in [0.25, 0.3) is 0 Å². The standard InChI is InChI=1S/C26H31N3O3/c1-25(2,3)24(31)27-15-4-5-18-17(10-15)26-7-8-28-13-14-6-9-32-19-12-21(30)29(18)23(26)22(19)16(14)11-20(26)28/h4-6,10,16,19-20,22-23H,7-9,11-13H2,1-3H3,(H,27,31)/t16-,19-,20-,22-,23-,26?/m0/s1. The molecule has 1 aromatic rings. The van der Waals surface area contributed by atoms with E-state index in [2.05, 4.69) is 33.3 Å². The summed E-state index contributed by atoms with van der Waals surface area (Å²) in [5.74, 6) is 1.09. The fraction of sp³-hybridized carbons (Fsp3) is 0.615. The van der Waals surface area contributed by atoms with Gasteiger partial charge < -0.3 is 15.0 Å². The van der Waals surface area contributed by atoms with E-state index in [0.29, 0.717) is 30.9 Å². The molecule has 1 unspecified atom stereocenters. The number of carbonyl (C=O) groups excluding carboxylic acids is 2. The van der Waals surface area contributed by atoms with Crippen molar-refractivity contribution < 1.29 is 14.3 Å². The van der Waals surface area contributed by atoms with E-state index in [9.17, 15) is 9.59 Å². The van der Waals surface area contributed by atoms with Crippen LogP contribution in [0.3, 0.4) is 0 Å². The van der Waals surface area contributed by atoms with Crippen molar-refractivity contribution in [1.82, 2.24) is 4.90 Å². The lowest BCUT2D eigenvalue weighted by molar-refractivity contribution is -0.132. The van der Waals surface area contributed by atoms with Gasteiger partial charge >= 0.3 is 0 Å². The summed E-state index contributed by atoms with van der Waals surface area (Å²) < 4.78 is 6.31. The molecule has 2 amide bonds. The predicted molar refractivity (Wildman–Crippen MR) is 121 cm³/mol. The second-order valence-corrected chi connectivity index (χ2v) is 11.7. The van der Waals surface area contributed by atoms with Crippen molar-refractivity contribution in [3.8, 4) is 0 Å². The third-order valence-corrected chi connectivity index (χ3v) is 9.25. The number of ether oxygens (including phenoxy) is 1. The van der Waals surface area contributed by atoms with Crippen LogP contribution in [0.4, 0.5) is 11.4 Å². The first kappa shape index (κ1) is 19.3. The molecule has 0 aromatic heterocycles. The largest absolute Gasteiger partial charge is 0.373 e. The summed E-state index contributed by atoms with van der Waals surface area (Å²) in [6.07, 6.45) is 5.03. The van der Waals surface area contributed by atoms with Gasteiger partial charge in [0.05, 0.1) is 25.2 Å². The molecule has 6 atom stereocenters. The molecule has 1 aromatic carbocycles. The minimum atomic E-state index is -0.454. The number of nitrogens with zero attached hydrogens (tertiary/aromatic N) is 2. The normalized spacial score (nSPS) is 38.8. The van der Waals surface area contributed by atoms with Gasteiger partial charge in [-0.2, -0.15) is 0 Å². The van der Waals surface area contributed by atoms with Crippen LogP contribution < -0.4 is 10.2 Å². The summed E-state index contributed by atoms with van der Waals surface area (Å²) in [4.78, 5) is 31.0. The molecule has 6 heteroatoms. The Morgan fingerprint density at radius 2 is 2.12 bits per heavy atom. The minimum Gasteiger partial charge on any atom is -0.373 e. The number of benzene rings is 1. The zero-order valence-corrected chi connectivity index (χ0v) is 19.1. The summed E-state index contributed by atoms with van der Waals surface area (Å²) in [6, 6.07) is 6.86. The van der Waals surface area contributed by atoms with Crippen molar-refractivity contribution in [3.63, 3.8) is 0 Å². The van der Waals surface area contributed by atoms with Crippen molar-refractivity contribution in [1.29, 1.82) is 0 Å². The zero-order valence-electron chi connectivity index (χ0n) is 19.1. The Kier molecular flexibility index (Phi) is 3.64. The van der Waals surface area contributed by atoms with Crippen LogP contribution in [-0.4, -0.2) is 54.6 Å². The van der Waals surface area contributed by atoms with Crippen LogP contribution in [0.2, 0.25) is 0 Å². The quantitative estimate of drug-likeness (QED) is 0.692. The van der Waals surface area contributed by atoms with Gasteiger partial charge in [-0.05, 0) is 49.1 Å². The fourth-order valence-corrected chi connectivity index (χ4v) is 7.95. The summed E-state index contributed by atoms with van der Waals surface area (Å²) >= 11 is 0. The minimum absolute atomic E-state index is 0.0156. The average molecular weight is 434 g/mol. The molecular formula is C26H31N3O3. The molecular weight excluding hydrogens is 402 g/mol. The second kappa shape index (κ2) is 6.03. The Morgan fingerprint density at radius 1 is 1.28 bits per heavy atom. The molecule has 6 nitrogen and oxygen atoms in total. The lowest BCUT2D eigenvalue weighted by Gasteiger charge is -2.58. The van der Waals surface area contributed by atoms with Crippen LogP contribution in [0.25, 0.3) is 0 Å². The van der Waals surface area contributed by atoms with Gasteiger partial charge in [0.15, 0.2) is 0 Å². The lowest BCUT2D eigenvalue weighted by atomic mass is 9.53. The highest BCUT2D eigenvalue weighted by atomic mass is 16.5. The van der Waals surface area contributed by atoms with Crippen LogP contribution in [0.1, 0.15) is 45.6 Å². The monoisotopic (exact) mass is 433 g/mol. The molecule has 1 saturated carbocycles. The number of nitrogens with one attached hydrogen (secondary N) is 1. The third kappa shape index (κ3) is 2.23. The lowest BCUT2D eigenvalue weighted by Crippen LogP contribution is -2.69. The number of anilines is 2. The molecule has 168 valence electrons. The van der Waals surface area contributed by atoms with Gasteiger partial charge in [-0.1, -0.05) is 32.4 Å². The van der Waals surface area contributed by atoms with E-state index in [1.54, 1.807) is 0 Å². The number of hydrogen-bond donors (Lipinski definition) is 1. The molecule has 1 aliphatic carbocycles. The Bertz CT molecular complexity index is 1090. The molecule has 1 spiro atoms. The van der Waals surface area contributed by atoms with Crippen molar-refractivity contribution in [2.75, 3.05) is 29.9 Å². The maximum absolute atomic E-state index is 13.5. The Balaban J connectivity index is 1.40. The van der Waals surface area contributed by atoms with E-state index in [4.69, 9.17) is 4.74 Å². The van der Waals surface area contributed by atoms with Crippen molar-refractivity contribution in [3.05, 3.63) is 35.4 Å². The van der Waals surface area contributed by atoms with E-state index in [1.807, 2.05) is 26.8 Å². The van der Waals surface area contributed by atoms with E-state index >= 15 is 0 Å². The second-order valence-electron chi connectivity index (χ2n) is 11.7. The Morgan fingerprint density at radius 3 is 2.94 bits per heavy atom. The molecule has 7 rings (SSSR count). The SMILES string of the molecule is CC(C)(C)C(=O)Nc1ccc2c(c1)C13CCN4CC5=CCO[C@H]6CC(=O)N2[C@H]1[C@H]6[C@H]5C[C@H]43. The third-order valence-electron chi connectivity index (χ3n) is 9.25. The highest BCUT2D eigenvalue weighted by Gasteiger charge is 2.71. The van der Waals surface area contributed by atoms with Gasteiger partial charge in [-0.25, -0.2) is 0 Å². The van der Waals surface area contributed by atoms with Crippen LogP contribution in [0.15, 0.2) is 29.8 Å². The van der Waals surface area contributed by atoms with E-state index in [-0.39, 0.29) is 29.4 Å². The summed E-state index contributed by atoms with van der Waals surface area (Å²) in [5, 5.41) is 3.14. The number of carbonyl (C=O) groups is 2. The predicted octanol–water partition coefficient (Wildman–Crippen LogP) is 3.08. The molecule has 32 heavy (non-hydrogen) atoms. The summed E-state index contributed by atoms with van der Waals surface area (Å²) in [5.41, 5.74) is 4.20. The van der Waals surface area contributed by atoms with Gasteiger partial charge in [-0.3, -0.25) is 14.5 Å². The Labute approximate surface area is 189 Å². The highest BCUT2D eigenvalue weighted by molar-refractivity contribution is 6.00. The zero-order chi connectivity index (χ0) is 22.0. The number of piperidine rings is 2. The molecule has 2 bridgehead atoms. The Hall–Kier alpha value is -2.18. The number of amides is 2. The molecule has 5 aliphatic heterocycles. The van der Waals surface area contributed by atoms with Gasteiger partial charge in [-0.15, -0.1) is 0 Å². The number of fused-ring (bicyclic) bond motifs is 2. The first-order valence-corrected chi connectivity index (χ1v) is 12.1. The van der Waals surface area contributed by atoms with Crippen molar-refractivity contribution >= 4 is 23.2 Å². The molecule has 3 saturated heterocycles. The van der Waals surface area contributed by atoms with Crippen molar-refractivity contribution in [2.45, 2.75) is 63.6 Å². The van der Waals surface area contributed by atoms with Crippen LogP contribution in [0, 0.1) is 17.3 Å². The maximum atomic E-state index is 13.5. The van der Waals surface area contributed by atoms with Crippen LogP contribution in [-0.2, 0) is 19.7 Å². The summed E-state index contributed by atoms with van der Waals surface area (Å²) in [7, 11) is 0. The number of hydrogen-bond acceptors (Lipinski definition) is 4. The maximum Gasteiger partial charge on any atom is 0.229 e. The highest BCUT2D eigenvalue weighted by Crippen LogP contribution is 2.65. The van der Waals surface area contributed by atoms with Crippen LogP contribution >= 0.6 is 0 Å². The molecule has 4 fully saturated rings. The average Bonchev–Trinajstić information content (AvgIpc) is 3.21. The molecule has 5 heterocycles. The smallest absolute Gasteiger partial charge is 0.229 e. The van der Waals surface area contributed by atoms with E-state index < -0.39 is 5.41 Å². The van der Waals surface area contributed by atoms with Gasteiger partial charge in [0.2, 0.25) is 11.8 Å². The van der Waals surface area contributed by atoms with E-state index in [0.717, 1.165) is 37.3 Å². The topological polar surface area (TPSA) is 61.9 Å².